The highest BCUT2D eigenvalue weighted by molar-refractivity contribution is 5.73. The van der Waals surface area contributed by atoms with Gasteiger partial charge in [0.25, 0.3) is 0 Å². The number of hydrogen-bond acceptors (Lipinski definition) is 4. The standard InChI is InChI=1S/C16H17NO4/c17-14(16(19)20)8-12-6-7-13(18)9-15(12)21-10-11-4-2-1-3-5-11/h1-7,9,14,18H,8,10,17H2,(H,19,20). The fourth-order valence-corrected chi connectivity index (χ4v) is 1.91. The van der Waals surface area contributed by atoms with Gasteiger partial charge in [0.05, 0.1) is 0 Å². The summed E-state index contributed by atoms with van der Waals surface area (Å²) < 4.78 is 5.68. The normalized spacial score (nSPS) is 11.9. The second-order valence-electron chi connectivity index (χ2n) is 4.72. The number of benzene rings is 2. The molecule has 1 unspecified atom stereocenters. The highest BCUT2D eigenvalue weighted by atomic mass is 16.5. The molecule has 0 amide bonds. The van der Waals surface area contributed by atoms with Crippen LogP contribution in [0.15, 0.2) is 48.5 Å². The monoisotopic (exact) mass is 287 g/mol. The van der Waals surface area contributed by atoms with E-state index in [-0.39, 0.29) is 12.2 Å². The van der Waals surface area contributed by atoms with Crippen LogP contribution in [0.4, 0.5) is 0 Å². The number of carbonyl (C=O) groups is 1. The van der Waals surface area contributed by atoms with Crippen molar-refractivity contribution in [1.82, 2.24) is 0 Å². The summed E-state index contributed by atoms with van der Waals surface area (Å²) >= 11 is 0. The zero-order valence-electron chi connectivity index (χ0n) is 11.4. The molecule has 0 fully saturated rings. The molecule has 1 atom stereocenters. The summed E-state index contributed by atoms with van der Waals surface area (Å²) in [6.45, 7) is 0.333. The van der Waals surface area contributed by atoms with Gasteiger partial charge in [0.1, 0.15) is 24.1 Å². The quantitative estimate of drug-likeness (QED) is 0.755. The Balaban J connectivity index is 2.13. The molecule has 0 radical (unpaired) electrons. The van der Waals surface area contributed by atoms with Gasteiger partial charge in [-0.3, -0.25) is 4.79 Å². The van der Waals surface area contributed by atoms with Gasteiger partial charge in [0.2, 0.25) is 0 Å². The largest absolute Gasteiger partial charge is 0.508 e. The van der Waals surface area contributed by atoms with E-state index in [0.717, 1.165) is 5.56 Å². The van der Waals surface area contributed by atoms with Gasteiger partial charge >= 0.3 is 5.97 Å². The van der Waals surface area contributed by atoms with Crippen molar-refractivity contribution in [1.29, 1.82) is 0 Å². The average molecular weight is 287 g/mol. The van der Waals surface area contributed by atoms with Crippen molar-refractivity contribution < 1.29 is 19.7 Å². The molecular formula is C16H17NO4. The molecule has 4 N–H and O–H groups in total. The number of ether oxygens (including phenoxy) is 1. The van der Waals surface area contributed by atoms with Crippen LogP contribution in [0.2, 0.25) is 0 Å². The van der Waals surface area contributed by atoms with Crippen LogP contribution in [0, 0.1) is 0 Å². The summed E-state index contributed by atoms with van der Waals surface area (Å²) in [6.07, 6.45) is 0.139. The summed E-state index contributed by atoms with van der Waals surface area (Å²) in [4.78, 5) is 10.8. The number of aromatic hydroxyl groups is 1. The molecule has 0 aromatic heterocycles. The Hall–Kier alpha value is -2.53. The predicted octanol–water partition coefficient (Wildman–Crippen LogP) is 1.93. The molecule has 110 valence electrons. The van der Waals surface area contributed by atoms with E-state index < -0.39 is 12.0 Å². The van der Waals surface area contributed by atoms with Crippen molar-refractivity contribution in [3.63, 3.8) is 0 Å². The Morgan fingerprint density at radius 2 is 1.90 bits per heavy atom. The molecule has 5 nitrogen and oxygen atoms in total. The van der Waals surface area contributed by atoms with Crippen LogP contribution < -0.4 is 10.5 Å². The first-order chi connectivity index (χ1) is 10.1. The van der Waals surface area contributed by atoms with E-state index in [1.165, 1.54) is 12.1 Å². The fourth-order valence-electron chi connectivity index (χ4n) is 1.91. The highest BCUT2D eigenvalue weighted by Gasteiger charge is 2.15. The van der Waals surface area contributed by atoms with E-state index in [4.69, 9.17) is 15.6 Å². The number of rotatable bonds is 6. The van der Waals surface area contributed by atoms with E-state index in [1.807, 2.05) is 30.3 Å². The van der Waals surface area contributed by atoms with E-state index >= 15 is 0 Å². The van der Waals surface area contributed by atoms with Crippen molar-refractivity contribution in [2.45, 2.75) is 19.1 Å². The van der Waals surface area contributed by atoms with Gasteiger partial charge in [-0.25, -0.2) is 0 Å². The van der Waals surface area contributed by atoms with Crippen molar-refractivity contribution in [2.24, 2.45) is 5.73 Å². The van der Waals surface area contributed by atoms with Crippen LogP contribution in [0.3, 0.4) is 0 Å². The topological polar surface area (TPSA) is 92.8 Å². The Labute approximate surface area is 122 Å². The smallest absolute Gasteiger partial charge is 0.320 e. The zero-order valence-corrected chi connectivity index (χ0v) is 11.4. The lowest BCUT2D eigenvalue weighted by Gasteiger charge is -2.14. The maximum absolute atomic E-state index is 10.8. The lowest BCUT2D eigenvalue weighted by molar-refractivity contribution is -0.138. The molecule has 0 spiro atoms. The Kier molecular flexibility index (Phi) is 4.79. The molecule has 0 saturated heterocycles. The van der Waals surface area contributed by atoms with E-state index in [1.54, 1.807) is 6.07 Å². The maximum Gasteiger partial charge on any atom is 0.320 e. The van der Waals surface area contributed by atoms with Crippen molar-refractivity contribution in [3.05, 3.63) is 59.7 Å². The molecule has 0 aliphatic heterocycles. The van der Waals surface area contributed by atoms with Gasteiger partial charge in [0, 0.05) is 12.5 Å². The van der Waals surface area contributed by atoms with E-state index in [2.05, 4.69) is 0 Å². The van der Waals surface area contributed by atoms with Crippen LogP contribution in [-0.4, -0.2) is 22.2 Å². The molecule has 0 saturated carbocycles. The van der Waals surface area contributed by atoms with Crippen LogP contribution >= 0.6 is 0 Å². The van der Waals surface area contributed by atoms with Gasteiger partial charge in [-0.2, -0.15) is 0 Å². The van der Waals surface area contributed by atoms with Gasteiger partial charge in [-0.1, -0.05) is 36.4 Å². The maximum atomic E-state index is 10.8. The molecule has 2 aromatic carbocycles. The van der Waals surface area contributed by atoms with E-state index in [0.29, 0.717) is 17.9 Å². The van der Waals surface area contributed by atoms with Crippen LogP contribution in [0.25, 0.3) is 0 Å². The van der Waals surface area contributed by atoms with Crippen molar-refractivity contribution in [2.75, 3.05) is 0 Å². The highest BCUT2D eigenvalue weighted by Crippen LogP contribution is 2.26. The number of nitrogens with two attached hydrogens (primary N) is 1. The molecule has 2 aromatic rings. The van der Waals surface area contributed by atoms with Crippen LogP contribution in [0.1, 0.15) is 11.1 Å². The number of carboxylic acid groups (broad SMARTS) is 1. The van der Waals surface area contributed by atoms with Crippen LogP contribution in [-0.2, 0) is 17.8 Å². The van der Waals surface area contributed by atoms with Crippen molar-refractivity contribution >= 4 is 5.97 Å². The molecule has 21 heavy (non-hydrogen) atoms. The lowest BCUT2D eigenvalue weighted by Crippen LogP contribution is -2.32. The molecule has 2 rings (SSSR count). The van der Waals surface area contributed by atoms with Gasteiger partial charge in [-0.15, -0.1) is 0 Å². The van der Waals surface area contributed by atoms with Crippen LogP contribution in [0.5, 0.6) is 11.5 Å². The number of phenols is 1. The van der Waals surface area contributed by atoms with Crippen molar-refractivity contribution in [3.8, 4) is 11.5 Å². The van der Waals surface area contributed by atoms with Gasteiger partial charge in [0.15, 0.2) is 0 Å². The third-order valence-electron chi connectivity index (χ3n) is 3.04. The molecule has 0 heterocycles. The molecular weight excluding hydrogens is 270 g/mol. The minimum absolute atomic E-state index is 0.0608. The van der Waals surface area contributed by atoms with Gasteiger partial charge in [-0.05, 0) is 17.2 Å². The third-order valence-corrected chi connectivity index (χ3v) is 3.04. The Bertz CT molecular complexity index is 613. The molecule has 5 heteroatoms. The Morgan fingerprint density at radius 1 is 1.19 bits per heavy atom. The number of aliphatic carboxylic acids is 1. The summed E-state index contributed by atoms with van der Waals surface area (Å²) in [5.74, 6) is -0.571. The lowest BCUT2D eigenvalue weighted by atomic mass is 10.1. The Morgan fingerprint density at radius 3 is 2.57 bits per heavy atom. The SMILES string of the molecule is NC(Cc1ccc(O)cc1OCc1ccccc1)C(=O)O. The van der Waals surface area contributed by atoms with Gasteiger partial charge < -0.3 is 20.7 Å². The molecule has 0 bridgehead atoms. The first kappa shape index (κ1) is 14.9. The summed E-state index contributed by atoms with van der Waals surface area (Å²) in [5.41, 5.74) is 7.18. The molecule has 0 aliphatic carbocycles. The second kappa shape index (κ2) is 6.76. The molecule has 0 aliphatic rings. The summed E-state index contributed by atoms with van der Waals surface area (Å²) in [5, 5.41) is 18.4. The predicted molar refractivity (Wildman–Crippen MR) is 78.2 cm³/mol. The average Bonchev–Trinajstić information content (AvgIpc) is 2.48. The minimum Gasteiger partial charge on any atom is -0.508 e. The zero-order chi connectivity index (χ0) is 15.2. The van der Waals surface area contributed by atoms with E-state index in [9.17, 15) is 9.90 Å². The second-order valence-corrected chi connectivity index (χ2v) is 4.72. The first-order valence-electron chi connectivity index (χ1n) is 6.53. The number of hydrogen-bond donors (Lipinski definition) is 3. The third kappa shape index (κ3) is 4.22. The number of carboxylic acids is 1. The fraction of sp³-hybridized carbons (Fsp3) is 0.188. The summed E-state index contributed by atoms with van der Waals surface area (Å²) in [6, 6.07) is 13.1. The minimum atomic E-state index is -1.07. The summed E-state index contributed by atoms with van der Waals surface area (Å²) in [7, 11) is 0. The number of phenolic OH excluding ortho intramolecular Hbond substituents is 1. The first-order valence-corrected chi connectivity index (χ1v) is 6.53.